The summed E-state index contributed by atoms with van der Waals surface area (Å²) in [5, 5.41) is 3.73. The molecule has 0 aliphatic heterocycles. The van der Waals surface area contributed by atoms with Gasteiger partial charge in [-0.15, -0.1) is 0 Å². The van der Waals surface area contributed by atoms with E-state index < -0.39 is 0 Å². The summed E-state index contributed by atoms with van der Waals surface area (Å²) in [6.07, 6.45) is 7.96. The summed E-state index contributed by atoms with van der Waals surface area (Å²) in [4.78, 5) is 0. The number of benzene rings is 1. The van der Waals surface area contributed by atoms with Crippen molar-refractivity contribution in [3.63, 3.8) is 0 Å². The number of hydrogen-bond acceptors (Lipinski definition) is 1. The van der Waals surface area contributed by atoms with Gasteiger partial charge >= 0.3 is 0 Å². The van der Waals surface area contributed by atoms with Crippen LogP contribution in [0.4, 0.5) is 0 Å². The topological polar surface area (TPSA) is 12.0 Å². The second kappa shape index (κ2) is 8.19. The van der Waals surface area contributed by atoms with Gasteiger partial charge in [0.15, 0.2) is 0 Å². The lowest BCUT2D eigenvalue weighted by molar-refractivity contribution is 0.353. The van der Waals surface area contributed by atoms with Crippen LogP contribution in [0.2, 0.25) is 0 Å². The molecule has 1 aromatic carbocycles. The van der Waals surface area contributed by atoms with Crippen molar-refractivity contribution in [3.05, 3.63) is 34.3 Å². The van der Waals surface area contributed by atoms with Crippen molar-refractivity contribution in [1.82, 2.24) is 5.32 Å². The third kappa shape index (κ3) is 5.57. The molecule has 1 aliphatic rings. The van der Waals surface area contributed by atoms with E-state index in [4.69, 9.17) is 0 Å². The smallest absolute Gasteiger partial charge is 0.0207 e. The van der Waals surface area contributed by atoms with E-state index in [2.05, 4.69) is 59.4 Å². The Morgan fingerprint density at radius 2 is 2.05 bits per heavy atom. The molecule has 2 atom stereocenters. The minimum absolute atomic E-state index is 0.760. The first-order chi connectivity index (χ1) is 9.69. The van der Waals surface area contributed by atoms with Crippen LogP contribution in [-0.2, 0) is 6.42 Å². The van der Waals surface area contributed by atoms with Gasteiger partial charge in [0.2, 0.25) is 0 Å². The highest BCUT2D eigenvalue weighted by atomic mass is 79.9. The average molecular weight is 338 g/mol. The molecule has 2 heteroatoms. The highest BCUT2D eigenvalue weighted by Crippen LogP contribution is 2.26. The Bertz CT molecular complexity index is 400. The number of rotatable bonds is 9. The van der Waals surface area contributed by atoms with Crippen molar-refractivity contribution in [2.75, 3.05) is 6.54 Å². The molecule has 2 rings (SSSR count). The van der Waals surface area contributed by atoms with Gasteiger partial charge in [-0.25, -0.2) is 0 Å². The van der Waals surface area contributed by atoms with Gasteiger partial charge in [-0.2, -0.15) is 0 Å². The van der Waals surface area contributed by atoms with Crippen molar-refractivity contribution < 1.29 is 0 Å². The monoisotopic (exact) mass is 337 g/mol. The number of halogens is 1. The predicted octanol–water partition coefficient (Wildman–Crippen LogP) is 5.19. The molecule has 1 aromatic rings. The average Bonchev–Trinajstić information content (AvgIpc) is 3.23. The third-order valence-electron chi connectivity index (χ3n) is 4.26. The SMILES string of the molecule is CCCC(C)CC(CNC1CC1)Cc1ccccc1Br. The van der Waals surface area contributed by atoms with Gasteiger partial charge in [-0.3, -0.25) is 0 Å². The van der Waals surface area contributed by atoms with E-state index in [0.29, 0.717) is 0 Å². The van der Waals surface area contributed by atoms with Gasteiger partial charge < -0.3 is 5.32 Å². The van der Waals surface area contributed by atoms with E-state index in [9.17, 15) is 0 Å². The first kappa shape index (κ1) is 16.0. The van der Waals surface area contributed by atoms with E-state index in [1.165, 1.54) is 55.1 Å². The van der Waals surface area contributed by atoms with E-state index in [1.54, 1.807) is 0 Å². The normalized spacial score (nSPS) is 17.9. The predicted molar refractivity (Wildman–Crippen MR) is 91.0 cm³/mol. The molecule has 0 spiro atoms. The fourth-order valence-electron chi connectivity index (χ4n) is 3.01. The Kier molecular flexibility index (Phi) is 6.57. The zero-order valence-electron chi connectivity index (χ0n) is 12.9. The van der Waals surface area contributed by atoms with Gasteiger partial charge in [-0.1, -0.05) is 60.8 Å². The molecule has 0 saturated heterocycles. The van der Waals surface area contributed by atoms with Crippen LogP contribution in [0.25, 0.3) is 0 Å². The molecule has 2 unspecified atom stereocenters. The fourth-order valence-corrected chi connectivity index (χ4v) is 3.46. The molecule has 0 bridgehead atoms. The van der Waals surface area contributed by atoms with E-state index >= 15 is 0 Å². The molecule has 1 nitrogen and oxygen atoms in total. The van der Waals surface area contributed by atoms with Crippen LogP contribution in [0, 0.1) is 11.8 Å². The molecule has 0 amide bonds. The van der Waals surface area contributed by atoms with Gasteiger partial charge in [0.05, 0.1) is 0 Å². The molecule has 1 N–H and O–H groups in total. The molecule has 1 aliphatic carbocycles. The minimum Gasteiger partial charge on any atom is -0.314 e. The van der Waals surface area contributed by atoms with Crippen LogP contribution in [0.5, 0.6) is 0 Å². The van der Waals surface area contributed by atoms with Crippen LogP contribution in [-0.4, -0.2) is 12.6 Å². The highest BCUT2D eigenvalue weighted by Gasteiger charge is 2.23. The van der Waals surface area contributed by atoms with Crippen LogP contribution in [0.15, 0.2) is 28.7 Å². The van der Waals surface area contributed by atoms with Gasteiger partial charge in [0.25, 0.3) is 0 Å². The standard InChI is InChI=1S/C18H28BrN/c1-3-6-14(2)11-15(13-20-17-9-10-17)12-16-7-4-5-8-18(16)19/h4-5,7-8,14-15,17,20H,3,6,9-13H2,1-2H3. The Labute approximate surface area is 132 Å². The maximum atomic E-state index is 3.73. The first-order valence-electron chi connectivity index (χ1n) is 8.15. The molecule has 1 saturated carbocycles. The maximum Gasteiger partial charge on any atom is 0.0207 e. The second-order valence-electron chi connectivity index (χ2n) is 6.47. The van der Waals surface area contributed by atoms with Crippen molar-refractivity contribution in [3.8, 4) is 0 Å². The summed E-state index contributed by atoms with van der Waals surface area (Å²) in [5.74, 6) is 1.60. The van der Waals surface area contributed by atoms with Gasteiger partial charge in [0.1, 0.15) is 0 Å². The lowest BCUT2D eigenvalue weighted by atomic mass is 9.88. The van der Waals surface area contributed by atoms with Gasteiger partial charge in [-0.05, 0) is 55.7 Å². The Morgan fingerprint density at radius 1 is 1.30 bits per heavy atom. The third-order valence-corrected chi connectivity index (χ3v) is 5.03. The Balaban J connectivity index is 1.91. The highest BCUT2D eigenvalue weighted by molar-refractivity contribution is 9.10. The Hall–Kier alpha value is -0.340. The number of hydrogen-bond donors (Lipinski definition) is 1. The zero-order chi connectivity index (χ0) is 14.4. The molecule has 20 heavy (non-hydrogen) atoms. The Morgan fingerprint density at radius 3 is 2.70 bits per heavy atom. The molecular weight excluding hydrogens is 310 g/mol. The van der Waals surface area contributed by atoms with E-state index in [1.807, 2.05) is 0 Å². The lowest BCUT2D eigenvalue weighted by Crippen LogP contribution is -2.27. The summed E-state index contributed by atoms with van der Waals surface area (Å²) in [5.41, 5.74) is 1.46. The minimum atomic E-state index is 0.760. The van der Waals surface area contributed by atoms with Crippen LogP contribution < -0.4 is 5.32 Å². The molecule has 0 heterocycles. The van der Waals surface area contributed by atoms with Crippen molar-refractivity contribution in [2.45, 2.75) is 58.4 Å². The largest absolute Gasteiger partial charge is 0.314 e. The van der Waals surface area contributed by atoms with Crippen LogP contribution in [0.3, 0.4) is 0 Å². The quantitative estimate of drug-likeness (QED) is 0.654. The van der Waals surface area contributed by atoms with Crippen LogP contribution >= 0.6 is 15.9 Å². The summed E-state index contributed by atoms with van der Waals surface area (Å²) in [7, 11) is 0. The molecule has 112 valence electrons. The summed E-state index contributed by atoms with van der Waals surface area (Å²) < 4.78 is 1.26. The maximum absolute atomic E-state index is 3.73. The first-order valence-corrected chi connectivity index (χ1v) is 8.95. The molecule has 0 aromatic heterocycles. The molecular formula is C18H28BrN. The second-order valence-corrected chi connectivity index (χ2v) is 7.33. The van der Waals surface area contributed by atoms with Gasteiger partial charge in [0, 0.05) is 10.5 Å². The fraction of sp³-hybridized carbons (Fsp3) is 0.667. The molecule has 0 radical (unpaired) electrons. The summed E-state index contributed by atoms with van der Waals surface area (Å²) in [6.45, 7) is 5.88. The zero-order valence-corrected chi connectivity index (χ0v) is 14.5. The van der Waals surface area contributed by atoms with E-state index in [-0.39, 0.29) is 0 Å². The summed E-state index contributed by atoms with van der Waals surface area (Å²) in [6, 6.07) is 9.50. The van der Waals surface area contributed by atoms with E-state index in [0.717, 1.165) is 17.9 Å². The van der Waals surface area contributed by atoms with Crippen molar-refractivity contribution >= 4 is 15.9 Å². The molecule has 1 fully saturated rings. The van der Waals surface area contributed by atoms with Crippen LogP contribution in [0.1, 0.15) is 51.5 Å². The lowest BCUT2D eigenvalue weighted by Gasteiger charge is -2.22. The number of nitrogens with one attached hydrogen (secondary N) is 1. The van der Waals surface area contributed by atoms with Crippen molar-refractivity contribution in [1.29, 1.82) is 0 Å². The van der Waals surface area contributed by atoms with Crippen molar-refractivity contribution in [2.24, 2.45) is 11.8 Å². The summed E-state index contributed by atoms with van der Waals surface area (Å²) >= 11 is 3.69.